The Morgan fingerprint density at radius 2 is 1.94 bits per heavy atom. The smallest absolute Gasteiger partial charge is 0.187 e. The summed E-state index contributed by atoms with van der Waals surface area (Å²) in [5.74, 6) is 0.750. The van der Waals surface area contributed by atoms with E-state index in [4.69, 9.17) is 9.47 Å². The molecule has 16 heavy (non-hydrogen) atoms. The first kappa shape index (κ1) is 11.7. The molecule has 1 heterocycles. The van der Waals surface area contributed by atoms with Crippen LogP contribution in [0, 0.1) is 0 Å². The molecule has 0 bridgehead atoms. The van der Waals surface area contributed by atoms with Crippen LogP contribution in [-0.4, -0.2) is 35.5 Å². The second-order valence-corrected chi connectivity index (χ2v) is 4.59. The van der Waals surface area contributed by atoms with E-state index in [0.717, 1.165) is 30.2 Å². The first-order valence-electron chi connectivity index (χ1n) is 5.37. The van der Waals surface area contributed by atoms with Crippen molar-refractivity contribution in [3.63, 3.8) is 0 Å². The molecule has 1 aliphatic rings. The fourth-order valence-corrected chi connectivity index (χ4v) is 2.20. The Kier molecular flexibility index (Phi) is 4.01. The molecule has 0 spiro atoms. The Labute approximate surface area is 99.8 Å². The molecule has 0 saturated heterocycles. The highest BCUT2D eigenvalue weighted by atomic mass is 32.2. The van der Waals surface area contributed by atoms with Crippen LogP contribution >= 0.6 is 11.8 Å². The standard InChI is InChI=1S/C11H16N2O2S/c1-14-8-3-4-9(5-8)15-10-6-12-11(16-2)13-7-10/h6-9H,3-5H2,1-2H3. The van der Waals surface area contributed by atoms with Gasteiger partial charge in [0, 0.05) is 13.5 Å². The van der Waals surface area contributed by atoms with Gasteiger partial charge in [-0.1, -0.05) is 11.8 Å². The van der Waals surface area contributed by atoms with Gasteiger partial charge in [0.05, 0.1) is 18.5 Å². The van der Waals surface area contributed by atoms with Crippen LogP contribution in [0.25, 0.3) is 0 Å². The second-order valence-electron chi connectivity index (χ2n) is 3.82. The van der Waals surface area contributed by atoms with Crippen LogP contribution in [0.1, 0.15) is 19.3 Å². The van der Waals surface area contributed by atoms with Gasteiger partial charge in [-0.25, -0.2) is 9.97 Å². The van der Waals surface area contributed by atoms with Gasteiger partial charge in [-0.2, -0.15) is 0 Å². The normalized spacial score (nSPS) is 24.6. The Hall–Kier alpha value is -0.810. The van der Waals surface area contributed by atoms with Gasteiger partial charge < -0.3 is 9.47 Å². The second kappa shape index (κ2) is 5.50. The Balaban J connectivity index is 1.89. The molecular formula is C11H16N2O2S. The van der Waals surface area contributed by atoms with Crippen molar-refractivity contribution in [2.75, 3.05) is 13.4 Å². The average Bonchev–Trinajstić information content (AvgIpc) is 2.78. The molecule has 2 rings (SSSR count). The molecule has 0 aromatic carbocycles. The summed E-state index contributed by atoms with van der Waals surface area (Å²) >= 11 is 1.53. The van der Waals surface area contributed by atoms with E-state index < -0.39 is 0 Å². The van der Waals surface area contributed by atoms with Gasteiger partial charge in [-0.3, -0.25) is 0 Å². The molecule has 2 unspecified atom stereocenters. The zero-order valence-corrected chi connectivity index (χ0v) is 10.4. The summed E-state index contributed by atoms with van der Waals surface area (Å²) in [4.78, 5) is 8.35. The van der Waals surface area contributed by atoms with Gasteiger partial charge >= 0.3 is 0 Å². The van der Waals surface area contributed by atoms with E-state index in [1.165, 1.54) is 11.8 Å². The first-order valence-corrected chi connectivity index (χ1v) is 6.59. The van der Waals surface area contributed by atoms with Crippen LogP contribution in [-0.2, 0) is 4.74 Å². The van der Waals surface area contributed by atoms with Crippen molar-refractivity contribution >= 4 is 11.8 Å². The van der Waals surface area contributed by atoms with Crippen molar-refractivity contribution in [3.05, 3.63) is 12.4 Å². The zero-order valence-electron chi connectivity index (χ0n) is 9.55. The van der Waals surface area contributed by atoms with Crippen molar-refractivity contribution < 1.29 is 9.47 Å². The molecule has 4 nitrogen and oxygen atoms in total. The summed E-state index contributed by atoms with van der Waals surface area (Å²) in [6.07, 6.45) is 9.09. The van der Waals surface area contributed by atoms with Crippen LogP contribution in [0.4, 0.5) is 0 Å². The number of methoxy groups -OCH3 is 1. The van der Waals surface area contributed by atoms with Gasteiger partial charge in [-0.05, 0) is 19.1 Å². The molecule has 2 atom stereocenters. The third-order valence-electron chi connectivity index (χ3n) is 2.76. The highest BCUT2D eigenvalue weighted by molar-refractivity contribution is 7.98. The number of hydrogen-bond acceptors (Lipinski definition) is 5. The predicted octanol–water partition coefficient (Wildman–Crippen LogP) is 2.14. The molecule has 1 saturated carbocycles. The highest BCUT2D eigenvalue weighted by Crippen LogP contribution is 2.25. The highest BCUT2D eigenvalue weighted by Gasteiger charge is 2.25. The van der Waals surface area contributed by atoms with Crippen molar-refractivity contribution in [1.29, 1.82) is 0 Å². The van der Waals surface area contributed by atoms with E-state index >= 15 is 0 Å². The Morgan fingerprint density at radius 3 is 2.50 bits per heavy atom. The number of hydrogen-bond donors (Lipinski definition) is 0. The summed E-state index contributed by atoms with van der Waals surface area (Å²) in [6.45, 7) is 0. The minimum atomic E-state index is 0.244. The molecule has 1 aromatic heterocycles. The van der Waals surface area contributed by atoms with Crippen LogP contribution in [0.2, 0.25) is 0 Å². The summed E-state index contributed by atoms with van der Waals surface area (Å²) in [7, 11) is 1.75. The molecule has 0 radical (unpaired) electrons. The molecule has 0 aliphatic heterocycles. The fraction of sp³-hybridized carbons (Fsp3) is 0.636. The van der Waals surface area contributed by atoms with E-state index in [1.54, 1.807) is 19.5 Å². The fourth-order valence-electron chi connectivity index (χ4n) is 1.88. The van der Waals surface area contributed by atoms with E-state index in [9.17, 15) is 0 Å². The van der Waals surface area contributed by atoms with Gasteiger partial charge in [0.1, 0.15) is 6.10 Å². The maximum absolute atomic E-state index is 5.79. The van der Waals surface area contributed by atoms with Crippen molar-refractivity contribution in [2.24, 2.45) is 0 Å². The van der Waals surface area contributed by atoms with E-state index in [1.807, 2.05) is 6.26 Å². The molecule has 1 fully saturated rings. The van der Waals surface area contributed by atoms with Crippen LogP contribution in [0.15, 0.2) is 17.6 Å². The minimum absolute atomic E-state index is 0.244. The molecule has 0 amide bonds. The van der Waals surface area contributed by atoms with Crippen LogP contribution < -0.4 is 4.74 Å². The number of ether oxygens (including phenoxy) is 2. The topological polar surface area (TPSA) is 44.2 Å². The lowest BCUT2D eigenvalue weighted by Crippen LogP contribution is -2.14. The number of rotatable bonds is 4. The lowest BCUT2D eigenvalue weighted by molar-refractivity contribution is 0.0945. The van der Waals surface area contributed by atoms with E-state index in [-0.39, 0.29) is 6.10 Å². The lowest BCUT2D eigenvalue weighted by atomic mass is 10.3. The van der Waals surface area contributed by atoms with E-state index in [0.29, 0.717) is 6.10 Å². The Morgan fingerprint density at radius 1 is 1.25 bits per heavy atom. The zero-order chi connectivity index (χ0) is 11.4. The largest absolute Gasteiger partial charge is 0.487 e. The maximum Gasteiger partial charge on any atom is 0.187 e. The minimum Gasteiger partial charge on any atom is -0.487 e. The monoisotopic (exact) mass is 240 g/mol. The summed E-state index contributed by atoms with van der Waals surface area (Å²) < 4.78 is 11.1. The van der Waals surface area contributed by atoms with Crippen molar-refractivity contribution in [2.45, 2.75) is 36.6 Å². The molecule has 5 heteroatoms. The van der Waals surface area contributed by atoms with Crippen molar-refractivity contribution in [1.82, 2.24) is 9.97 Å². The molecule has 1 aliphatic carbocycles. The maximum atomic E-state index is 5.79. The van der Waals surface area contributed by atoms with Crippen molar-refractivity contribution in [3.8, 4) is 5.75 Å². The number of aromatic nitrogens is 2. The molecule has 0 N–H and O–H groups in total. The van der Waals surface area contributed by atoms with Crippen LogP contribution in [0.3, 0.4) is 0 Å². The summed E-state index contributed by atoms with van der Waals surface area (Å²) in [5, 5.41) is 0.772. The van der Waals surface area contributed by atoms with Gasteiger partial charge in [-0.15, -0.1) is 0 Å². The lowest BCUT2D eigenvalue weighted by Gasteiger charge is -2.13. The van der Waals surface area contributed by atoms with Gasteiger partial charge in [0.2, 0.25) is 0 Å². The van der Waals surface area contributed by atoms with Gasteiger partial charge in [0.15, 0.2) is 10.9 Å². The Bertz CT molecular complexity index is 331. The third kappa shape index (κ3) is 2.86. The average molecular weight is 240 g/mol. The van der Waals surface area contributed by atoms with Gasteiger partial charge in [0.25, 0.3) is 0 Å². The predicted molar refractivity (Wildman–Crippen MR) is 62.9 cm³/mol. The molecular weight excluding hydrogens is 224 g/mol. The molecule has 1 aromatic rings. The first-order chi connectivity index (χ1) is 7.81. The number of nitrogens with zero attached hydrogens (tertiary/aromatic N) is 2. The number of thioether (sulfide) groups is 1. The quantitative estimate of drug-likeness (QED) is 0.596. The SMILES string of the molecule is COC1CCC(Oc2cnc(SC)nc2)C1. The molecule has 88 valence electrons. The summed E-state index contributed by atoms with van der Waals surface area (Å²) in [6, 6.07) is 0. The van der Waals surface area contributed by atoms with Crippen LogP contribution in [0.5, 0.6) is 5.75 Å². The third-order valence-corrected chi connectivity index (χ3v) is 3.34. The van der Waals surface area contributed by atoms with E-state index in [2.05, 4.69) is 9.97 Å². The summed E-state index contributed by atoms with van der Waals surface area (Å²) in [5.41, 5.74) is 0.